The lowest BCUT2D eigenvalue weighted by molar-refractivity contribution is -0.165. The molecule has 1 aliphatic heterocycles. The molecule has 1 saturated carbocycles. The van der Waals surface area contributed by atoms with Crippen LogP contribution in [0.25, 0.3) is 0 Å². The van der Waals surface area contributed by atoms with Crippen molar-refractivity contribution in [3.63, 3.8) is 0 Å². The van der Waals surface area contributed by atoms with Crippen molar-refractivity contribution < 1.29 is 32.7 Å². The van der Waals surface area contributed by atoms with Gasteiger partial charge in [-0.15, -0.1) is 0 Å². The molecule has 3 amide bonds. The maximum Gasteiger partial charge on any atom is 0.389 e. The van der Waals surface area contributed by atoms with E-state index >= 15 is 0 Å². The number of aliphatic carboxylic acids is 1. The quantitative estimate of drug-likeness (QED) is 0.604. The molecule has 2 fully saturated rings. The Kier molecular flexibility index (Phi) is 8.28. The zero-order valence-electron chi connectivity index (χ0n) is 16.2. The number of urea groups is 1. The first-order valence-corrected chi connectivity index (χ1v) is 10.5. The fourth-order valence-corrected chi connectivity index (χ4v) is 4.36. The molecule has 10 heteroatoms. The number of hydrogen-bond acceptors (Lipinski definition) is 3. The first kappa shape index (κ1) is 24.2. The van der Waals surface area contributed by atoms with Gasteiger partial charge in [-0.1, -0.05) is 60.2 Å². The standard InChI is InChI=1S/C12H11BrN2O4.C8H13F3/c13-7-3-1-2-6(4-7)5-8-9(11(17)18)15(10(8)16)12(14)19;9-8(10,11)6-7-4-2-1-3-5-7/h1-4,8-9H,5H2,(H2,14,19)(H,17,18);7H,1-6H2/t8-,9?;/m1./s1. The van der Waals surface area contributed by atoms with E-state index in [1.165, 1.54) is 0 Å². The van der Waals surface area contributed by atoms with Crippen LogP contribution in [0, 0.1) is 11.8 Å². The average Bonchev–Trinajstić information content (AvgIpc) is 2.63. The van der Waals surface area contributed by atoms with Gasteiger partial charge in [0.15, 0.2) is 6.04 Å². The predicted octanol–water partition coefficient (Wildman–Crippen LogP) is 4.50. The summed E-state index contributed by atoms with van der Waals surface area (Å²) in [4.78, 5) is 34.5. The van der Waals surface area contributed by atoms with Gasteiger partial charge in [0.25, 0.3) is 0 Å². The van der Waals surface area contributed by atoms with Crippen LogP contribution in [0.5, 0.6) is 0 Å². The minimum Gasteiger partial charge on any atom is -0.480 e. The van der Waals surface area contributed by atoms with Crippen LogP contribution in [0.4, 0.5) is 18.0 Å². The number of β-lactam (4-membered cyclic amide) rings is 1. The van der Waals surface area contributed by atoms with Crippen LogP contribution in [0.3, 0.4) is 0 Å². The second kappa shape index (κ2) is 10.3. The number of halogens is 4. The van der Waals surface area contributed by atoms with Gasteiger partial charge in [0, 0.05) is 10.9 Å². The highest BCUT2D eigenvalue weighted by atomic mass is 79.9. The molecule has 30 heavy (non-hydrogen) atoms. The molecule has 1 aromatic rings. The monoisotopic (exact) mass is 492 g/mol. The highest BCUT2D eigenvalue weighted by Crippen LogP contribution is 2.34. The van der Waals surface area contributed by atoms with Crippen molar-refractivity contribution in [2.45, 2.75) is 57.2 Å². The molecule has 1 aromatic carbocycles. The molecule has 2 aliphatic rings. The van der Waals surface area contributed by atoms with Crippen molar-refractivity contribution in [1.82, 2.24) is 4.90 Å². The van der Waals surface area contributed by atoms with Crippen molar-refractivity contribution in [2.75, 3.05) is 0 Å². The van der Waals surface area contributed by atoms with Gasteiger partial charge in [0.1, 0.15) is 0 Å². The van der Waals surface area contributed by atoms with E-state index in [2.05, 4.69) is 15.9 Å². The molecule has 0 bridgehead atoms. The topological polar surface area (TPSA) is 101 Å². The van der Waals surface area contributed by atoms with E-state index in [0.29, 0.717) is 4.90 Å². The van der Waals surface area contributed by atoms with Gasteiger partial charge in [0.2, 0.25) is 5.91 Å². The van der Waals surface area contributed by atoms with Crippen LogP contribution in [-0.4, -0.2) is 40.1 Å². The Morgan fingerprint density at radius 3 is 2.33 bits per heavy atom. The Morgan fingerprint density at radius 1 is 1.20 bits per heavy atom. The maximum atomic E-state index is 11.8. The third-order valence-corrected chi connectivity index (χ3v) is 5.79. The highest BCUT2D eigenvalue weighted by molar-refractivity contribution is 9.10. The van der Waals surface area contributed by atoms with E-state index in [4.69, 9.17) is 10.8 Å². The van der Waals surface area contributed by atoms with Gasteiger partial charge in [-0.2, -0.15) is 13.2 Å². The van der Waals surface area contributed by atoms with Crippen LogP contribution in [0.1, 0.15) is 44.1 Å². The molecule has 2 atom stereocenters. The number of carbonyl (C=O) groups is 3. The number of hydrogen-bond donors (Lipinski definition) is 2. The van der Waals surface area contributed by atoms with E-state index in [-0.39, 0.29) is 12.3 Å². The van der Waals surface area contributed by atoms with Gasteiger partial charge in [0.05, 0.1) is 5.92 Å². The number of amides is 3. The molecule has 1 aliphatic carbocycles. The summed E-state index contributed by atoms with van der Waals surface area (Å²) >= 11 is 3.30. The second-order valence-corrected chi connectivity index (χ2v) is 8.51. The first-order chi connectivity index (χ1) is 14.0. The van der Waals surface area contributed by atoms with Crippen LogP contribution in [0.15, 0.2) is 28.7 Å². The number of nitrogens with two attached hydrogens (primary N) is 1. The molecule has 3 N–H and O–H groups in total. The Balaban J connectivity index is 0.000000248. The van der Waals surface area contributed by atoms with E-state index < -0.39 is 42.5 Å². The zero-order valence-corrected chi connectivity index (χ0v) is 17.8. The molecule has 1 unspecified atom stereocenters. The number of imide groups is 1. The summed E-state index contributed by atoms with van der Waals surface area (Å²) in [6, 6.07) is 5.02. The number of primary amides is 1. The van der Waals surface area contributed by atoms with E-state index in [9.17, 15) is 27.6 Å². The normalized spacial score (nSPS) is 22.0. The molecule has 0 radical (unpaired) electrons. The molecular weight excluding hydrogens is 469 g/mol. The van der Waals surface area contributed by atoms with E-state index in [1.807, 2.05) is 6.07 Å². The van der Waals surface area contributed by atoms with Gasteiger partial charge >= 0.3 is 18.2 Å². The van der Waals surface area contributed by atoms with Crippen molar-refractivity contribution >= 4 is 33.8 Å². The fourth-order valence-electron chi connectivity index (χ4n) is 3.91. The Hall–Kier alpha value is -2.10. The lowest BCUT2D eigenvalue weighted by Crippen LogP contribution is -2.68. The summed E-state index contributed by atoms with van der Waals surface area (Å²) < 4.78 is 36.4. The largest absolute Gasteiger partial charge is 0.480 e. The Bertz CT molecular complexity index is 782. The van der Waals surface area contributed by atoms with E-state index in [0.717, 1.165) is 42.1 Å². The van der Waals surface area contributed by atoms with Crippen molar-refractivity contribution in [3.05, 3.63) is 34.3 Å². The number of carboxylic acids is 1. The minimum atomic E-state index is -3.94. The molecule has 0 spiro atoms. The van der Waals surface area contributed by atoms with E-state index in [1.54, 1.807) is 18.2 Å². The molecular formula is C20H24BrF3N2O4. The predicted molar refractivity (Wildman–Crippen MR) is 106 cm³/mol. The molecule has 1 heterocycles. The van der Waals surface area contributed by atoms with Crippen molar-refractivity contribution in [3.8, 4) is 0 Å². The van der Waals surface area contributed by atoms with Crippen LogP contribution in [0.2, 0.25) is 0 Å². The van der Waals surface area contributed by atoms with Crippen LogP contribution in [-0.2, 0) is 16.0 Å². The lowest BCUT2D eigenvalue weighted by Gasteiger charge is -2.41. The Morgan fingerprint density at radius 2 is 1.83 bits per heavy atom. The average molecular weight is 493 g/mol. The summed E-state index contributed by atoms with van der Waals surface area (Å²) in [5.41, 5.74) is 5.81. The number of rotatable bonds is 4. The number of nitrogens with zero attached hydrogens (tertiary/aromatic N) is 1. The molecule has 3 rings (SSSR count). The minimum absolute atomic E-state index is 0.0799. The molecule has 6 nitrogen and oxygen atoms in total. The number of carbonyl (C=O) groups excluding carboxylic acids is 2. The van der Waals surface area contributed by atoms with Crippen LogP contribution < -0.4 is 5.73 Å². The van der Waals surface area contributed by atoms with Gasteiger partial charge < -0.3 is 10.8 Å². The summed E-state index contributed by atoms with van der Waals surface area (Å²) in [7, 11) is 0. The zero-order chi connectivity index (χ0) is 22.5. The number of carboxylic acid groups (broad SMARTS) is 1. The summed E-state index contributed by atoms with van der Waals surface area (Å²) in [5, 5.41) is 9.06. The summed E-state index contributed by atoms with van der Waals surface area (Å²) in [6.07, 6.45) is 0.406. The lowest BCUT2D eigenvalue weighted by atomic mass is 9.82. The number of likely N-dealkylation sites (tertiary alicyclic amines) is 1. The third-order valence-electron chi connectivity index (χ3n) is 5.29. The summed E-state index contributed by atoms with van der Waals surface area (Å²) in [5.74, 6) is -2.60. The van der Waals surface area contributed by atoms with Crippen LogP contribution >= 0.6 is 15.9 Å². The fraction of sp³-hybridized carbons (Fsp3) is 0.550. The van der Waals surface area contributed by atoms with Crippen molar-refractivity contribution in [2.24, 2.45) is 17.6 Å². The maximum absolute atomic E-state index is 11.8. The van der Waals surface area contributed by atoms with Crippen molar-refractivity contribution in [1.29, 1.82) is 0 Å². The summed E-state index contributed by atoms with van der Waals surface area (Å²) in [6.45, 7) is 0. The second-order valence-electron chi connectivity index (χ2n) is 7.59. The Labute approximate surface area is 180 Å². The highest BCUT2D eigenvalue weighted by Gasteiger charge is 2.54. The number of benzene rings is 1. The first-order valence-electron chi connectivity index (χ1n) is 9.66. The SMILES string of the molecule is FC(F)(F)CC1CCCCC1.NC(=O)N1C(=O)[C@H](Cc2cccc(Br)c2)C1C(=O)O. The third kappa shape index (κ3) is 6.72. The smallest absolute Gasteiger partial charge is 0.389 e. The number of alkyl halides is 3. The molecule has 166 valence electrons. The molecule has 0 aromatic heterocycles. The van der Waals surface area contributed by atoms with Gasteiger partial charge in [-0.05, 0) is 30.0 Å². The molecule has 1 saturated heterocycles. The van der Waals surface area contributed by atoms with Gasteiger partial charge in [-0.25, -0.2) is 14.5 Å². The van der Waals surface area contributed by atoms with Gasteiger partial charge in [-0.3, -0.25) is 4.79 Å².